The van der Waals surface area contributed by atoms with E-state index in [1.165, 1.54) is 23.7 Å². The standard InChI is InChI=1S/C20H20Cl4N2O2S/c1-12(20(28)25-2)26(9-13-6-7-17(23)18(24)8-13)19(27)11-29-10-14-15(21)4-3-5-16(14)22/h3-8,12H,9-11H2,1-2H3,(H,25,28)/t12-/m1/s1. The summed E-state index contributed by atoms with van der Waals surface area (Å²) < 4.78 is 0. The van der Waals surface area contributed by atoms with Gasteiger partial charge in [-0.1, -0.05) is 58.5 Å². The van der Waals surface area contributed by atoms with Gasteiger partial charge in [0.2, 0.25) is 11.8 Å². The molecule has 0 aliphatic rings. The van der Waals surface area contributed by atoms with Gasteiger partial charge in [0, 0.05) is 29.4 Å². The molecule has 1 N–H and O–H groups in total. The van der Waals surface area contributed by atoms with E-state index in [9.17, 15) is 9.59 Å². The van der Waals surface area contributed by atoms with Gasteiger partial charge in [0.1, 0.15) is 6.04 Å². The molecular weight excluding hydrogens is 474 g/mol. The number of carbonyl (C=O) groups excluding carboxylic acids is 2. The Labute approximate surface area is 194 Å². The van der Waals surface area contributed by atoms with Crippen LogP contribution in [-0.4, -0.2) is 35.6 Å². The molecule has 9 heteroatoms. The van der Waals surface area contributed by atoms with Crippen molar-refractivity contribution in [3.8, 4) is 0 Å². The van der Waals surface area contributed by atoms with Gasteiger partial charge in [-0.25, -0.2) is 0 Å². The molecular formula is C20H20Cl4N2O2S. The zero-order valence-electron chi connectivity index (χ0n) is 15.8. The molecule has 0 saturated heterocycles. The number of thioether (sulfide) groups is 1. The minimum atomic E-state index is -0.647. The van der Waals surface area contributed by atoms with Crippen molar-refractivity contribution in [1.29, 1.82) is 0 Å². The van der Waals surface area contributed by atoms with E-state index in [0.717, 1.165) is 11.1 Å². The van der Waals surface area contributed by atoms with Gasteiger partial charge in [0.15, 0.2) is 0 Å². The second kappa shape index (κ2) is 11.3. The number of nitrogens with one attached hydrogen (secondary N) is 1. The Balaban J connectivity index is 2.11. The SMILES string of the molecule is CNC(=O)[C@@H](C)N(Cc1ccc(Cl)c(Cl)c1)C(=O)CSCc1c(Cl)cccc1Cl. The van der Waals surface area contributed by atoms with E-state index in [4.69, 9.17) is 46.4 Å². The summed E-state index contributed by atoms with van der Waals surface area (Å²) in [4.78, 5) is 26.6. The summed E-state index contributed by atoms with van der Waals surface area (Å²) in [5.74, 6) is 0.224. The summed E-state index contributed by atoms with van der Waals surface area (Å²) in [5, 5.41) is 4.53. The van der Waals surface area contributed by atoms with Crippen molar-refractivity contribution in [3.63, 3.8) is 0 Å². The molecule has 0 spiro atoms. The van der Waals surface area contributed by atoms with Gasteiger partial charge >= 0.3 is 0 Å². The van der Waals surface area contributed by atoms with Crippen molar-refractivity contribution >= 4 is 70.0 Å². The van der Waals surface area contributed by atoms with Crippen molar-refractivity contribution in [1.82, 2.24) is 10.2 Å². The van der Waals surface area contributed by atoms with Gasteiger partial charge in [0.25, 0.3) is 0 Å². The van der Waals surface area contributed by atoms with Crippen LogP contribution in [0, 0.1) is 0 Å². The first-order chi connectivity index (χ1) is 13.7. The maximum Gasteiger partial charge on any atom is 0.242 e. The molecule has 0 saturated carbocycles. The fraction of sp³-hybridized carbons (Fsp3) is 0.300. The molecule has 0 heterocycles. The Morgan fingerprint density at radius 2 is 1.69 bits per heavy atom. The molecule has 2 rings (SSSR count). The number of likely N-dealkylation sites (N-methyl/N-ethyl adjacent to an activating group) is 1. The van der Waals surface area contributed by atoms with Crippen LogP contribution in [-0.2, 0) is 21.9 Å². The van der Waals surface area contributed by atoms with Gasteiger partial charge < -0.3 is 10.2 Å². The Kier molecular flexibility index (Phi) is 9.44. The van der Waals surface area contributed by atoms with E-state index in [0.29, 0.717) is 25.8 Å². The number of nitrogens with zero attached hydrogens (tertiary/aromatic N) is 1. The summed E-state index contributed by atoms with van der Waals surface area (Å²) in [7, 11) is 1.54. The number of amides is 2. The van der Waals surface area contributed by atoms with E-state index < -0.39 is 6.04 Å². The fourth-order valence-electron chi connectivity index (χ4n) is 2.62. The predicted molar refractivity (Wildman–Crippen MR) is 123 cm³/mol. The van der Waals surface area contributed by atoms with Gasteiger partial charge in [-0.2, -0.15) is 0 Å². The molecule has 1 atom stereocenters. The first-order valence-corrected chi connectivity index (χ1v) is 11.4. The van der Waals surface area contributed by atoms with E-state index in [2.05, 4.69) is 5.32 Å². The first-order valence-electron chi connectivity index (χ1n) is 8.70. The largest absolute Gasteiger partial charge is 0.357 e. The third-order valence-corrected chi connectivity index (χ3v) is 6.68. The van der Waals surface area contributed by atoms with Gasteiger partial charge in [-0.15, -0.1) is 11.8 Å². The Morgan fingerprint density at radius 1 is 1.03 bits per heavy atom. The van der Waals surface area contributed by atoms with E-state index in [1.54, 1.807) is 43.3 Å². The number of hydrogen-bond acceptors (Lipinski definition) is 3. The maximum atomic E-state index is 12.9. The van der Waals surface area contributed by atoms with Crippen molar-refractivity contribution in [2.75, 3.05) is 12.8 Å². The highest BCUT2D eigenvalue weighted by Crippen LogP contribution is 2.29. The highest BCUT2D eigenvalue weighted by molar-refractivity contribution is 7.99. The molecule has 2 aromatic rings. The number of benzene rings is 2. The van der Waals surface area contributed by atoms with Crippen LogP contribution < -0.4 is 5.32 Å². The number of rotatable bonds is 8. The van der Waals surface area contributed by atoms with Crippen molar-refractivity contribution < 1.29 is 9.59 Å². The molecule has 0 aromatic heterocycles. The van der Waals surface area contributed by atoms with Crippen LogP contribution in [0.25, 0.3) is 0 Å². The second-order valence-corrected chi connectivity index (χ2v) is 8.87. The summed E-state index contributed by atoms with van der Waals surface area (Å²) in [6, 6.07) is 9.78. The normalized spacial score (nSPS) is 11.8. The maximum absolute atomic E-state index is 12.9. The van der Waals surface area contributed by atoms with Crippen LogP contribution in [0.3, 0.4) is 0 Å². The summed E-state index contributed by atoms with van der Waals surface area (Å²) in [6.45, 7) is 1.92. The lowest BCUT2D eigenvalue weighted by Crippen LogP contribution is -2.47. The molecule has 0 fully saturated rings. The van der Waals surface area contributed by atoms with Crippen LogP contribution in [0.2, 0.25) is 20.1 Å². The molecule has 29 heavy (non-hydrogen) atoms. The Morgan fingerprint density at radius 3 is 2.28 bits per heavy atom. The molecule has 0 aliphatic heterocycles. The minimum absolute atomic E-state index is 0.171. The van der Waals surface area contributed by atoms with Gasteiger partial charge in [-0.3, -0.25) is 9.59 Å². The Hall–Kier alpha value is -1.11. The molecule has 4 nitrogen and oxygen atoms in total. The molecule has 0 bridgehead atoms. The highest BCUT2D eigenvalue weighted by atomic mass is 35.5. The van der Waals surface area contributed by atoms with Crippen LogP contribution >= 0.6 is 58.2 Å². The quantitative estimate of drug-likeness (QED) is 0.513. The third-order valence-electron chi connectivity index (χ3n) is 4.28. The zero-order valence-corrected chi connectivity index (χ0v) is 19.7. The topological polar surface area (TPSA) is 49.4 Å². The minimum Gasteiger partial charge on any atom is -0.357 e. The summed E-state index contributed by atoms with van der Waals surface area (Å²) in [6.07, 6.45) is 0. The summed E-state index contributed by atoms with van der Waals surface area (Å²) in [5.41, 5.74) is 1.56. The molecule has 0 aliphatic carbocycles. The molecule has 0 unspecified atom stereocenters. The fourth-order valence-corrected chi connectivity index (χ4v) is 4.59. The monoisotopic (exact) mass is 492 g/mol. The Bertz CT molecular complexity index is 875. The van der Waals surface area contributed by atoms with Crippen molar-refractivity contribution in [3.05, 3.63) is 67.6 Å². The molecule has 2 aromatic carbocycles. The van der Waals surface area contributed by atoms with Gasteiger partial charge in [0.05, 0.1) is 15.8 Å². The zero-order chi connectivity index (χ0) is 21.6. The average molecular weight is 494 g/mol. The lowest BCUT2D eigenvalue weighted by atomic mass is 10.1. The first kappa shape index (κ1) is 24.2. The number of halogens is 4. The molecule has 0 radical (unpaired) electrons. The average Bonchev–Trinajstić information content (AvgIpc) is 2.69. The van der Waals surface area contributed by atoms with Crippen LogP contribution in [0.1, 0.15) is 18.1 Å². The van der Waals surface area contributed by atoms with E-state index in [1.807, 2.05) is 0 Å². The van der Waals surface area contributed by atoms with Gasteiger partial charge in [-0.05, 0) is 42.3 Å². The highest BCUT2D eigenvalue weighted by Gasteiger charge is 2.25. The van der Waals surface area contributed by atoms with Crippen LogP contribution in [0.4, 0.5) is 0 Å². The third kappa shape index (κ3) is 6.69. The molecule has 156 valence electrons. The number of carbonyl (C=O) groups is 2. The number of hydrogen-bond donors (Lipinski definition) is 1. The predicted octanol–water partition coefficient (Wildman–Crippen LogP) is 5.70. The van der Waals surface area contributed by atoms with E-state index in [-0.39, 0.29) is 24.1 Å². The van der Waals surface area contributed by atoms with E-state index >= 15 is 0 Å². The van der Waals surface area contributed by atoms with Crippen molar-refractivity contribution in [2.45, 2.75) is 25.3 Å². The van der Waals surface area contributed by atoms with Crippen LogP contribution in [0.15, 0.2) is 36.4 Å². The summed E-state index contributed by atoms with van der Waals surface area (Å²) >= 11 is 25.8. The van der Waals surface area contributed by atoms with Crippen molar-refractivity contribution in [2.24, 2.45) is 0 Å². The second-order valence-electron chi connectivity index (χ2n) is 6.25. The molecule has 2 amide bonds. The lowest BCUT2D eigenvalue weighted by molar-refractivity contribution is -0.138. The van der Waals surface area contributed by atoms with Crippen LogP contribution in [0.5, 0.6) is 0 Å². The smallest absolute Gasteiger partial charge is 0.242 e. The lowest BCUT2D eigenvalue weighted by Gasteiger charge is -2.28.